The van der Waals surface area contributed by atoms with Gasteiger partial charge >= 0.3 is 24.5 Å². The number of thioether (sulfide) groups is 1. The third kappa shape index (κ3) is 7.35. The van der Waals surface area contributed by atoms with Crippen LogP contribution in [-0.2, 0) is 25.8 Å². The second kappa shape index (κ2) is 12.5. The molecule has 0 spiro atoms. The maximum absolute atomic E-state index is 13.6. The molecule has 2 aromatic rings. The predicted molar refractivity (Wildman–Crippen MR) is 143 cm³/mol. The number of pyridine rings is 1. The number of nitrogens with zero attached hydrogens (tertiary/aromatic N) is 5. The van der Waals surface area contributed by atoms with Crippen LogP contribution in [0.1, 0.15) is 19.4 Å². The van der Waals surface area contributed by atoms with Crippen molar-refractivity contribution >= 4 is 47.0 Å². The number of hydrogen-bond acceptors (Lipinski definition) is 9. The number of ether oxygens (including phenoxy) is 1. The van der Waals surface area contributed by atoms with Crippen molar-refractivity contribution in [2.24, 2.45) is 0 Å². The van der Waals surface area contributed by atoms with E-state index < -0.39 is 65.6 Å². The highest BCUT2D eigenvalue weighted by molar-refractivity contribution is 7.99. The molecule has 4 rings (SSSR count). The van der Waals surface area contributed by atoms with Gasteiger partial charge < -0.3 is 14.5 Å². The van der Waals surface area contributed by atoms with Gasteiger partial charge in [0.1, 0.15) is 5.54 Å². The van der Waals surface area contributed by atoms with Gasteiger partial charge in [0.25, 0.3) is 11.8 Å². The summed E-state index contributed by atoms with van der Waals surface area (Å²) in [4.78, 5) is 63.3. The van der Waals surface area contributed by atoms with Gasteiger partial charge in [-0.25, -0.2) is 14.5 Å². The van der Waals surface area contributed by atoms with Crippen LogP contribution in [-0.4, -0.2) is 87.8 Å². The summed E-state index contributed by atoms with van der Waals surface area (Å²) in [5, 5.41) is -0.0245. The zero-order chi connectivity index (χ0) is 32.4. The summed E-state index contributed by atoms with van der Waals surface area (Å²) in [5.74, 6) is -4.79. The number of carbonyl (C=O) groups is 4. The first kappa shape index (κ1) is 32.8. The van der Waals surface area contributed by atoms with Crippen molar-refractivity contribution in [1.29, 1.82) is 0 Å². The number of imide groups is 1. The molecule has 44 heavy (non-hydrogen) atoms. The molecule has 4 amide bonds. The van der Waals surface area contributed by atoms with E-state index in [1.165, 1.54) is 26.2 Å². The van der Waals surface area contributed by atoms with Crippen molar-refractivity contribution in [1.82, 2.24) is 14.8 Å². The monoisotopic (exact) mass is 649 g/mol. The Morgan fingerprint density at radius 2 is 1.66 bits per heavy atom. The van der Waals surface area contributed by atoms with Crippen molar-refractivity contribution < 1.29 is 55.1 Å². The Balaban J connectivity index is 1.78. The summed E-state index contributed by atoms with van der Waals surface area (Å²) in [6, 6.07) is 3.97. The number of hydrogen-bond donors (Lipinski definition) is 0. The molecular formula is C26H25F6N5O6S. The molecule has 0 bridgehead atoms. The van der Waals surface area contributed by atoms with Gasteiger partial charge in [-0.3, -0.25) is 19.5 Å². The Kier molecular flexibility index (Phi) is 9.34. The Morgan fingerprint density at radius 1 is 1.02 bits per heavy atom. The van der Waals surface area contributed by atoms with E-state index in [4.69, 9.17) is 0 Å². The standard InChI is InChI=1S/C26H25F6N5O6S/c1-24(2)21(39)36(23(41)35(24)14-16-5-7-33-8-6-16)18-13-17(3-4-19(18)42-26(30,31)32)37(43-22(40)25(27,28)29)20(38)15-34-9-11-44-12-10-34/h3-8,13H,9-12,14-15H2,1-2H3. The van der Waals surface area contributed by atoms with E-state index >= 15 is 0 Å². The fourth-order valence-corrected chi connectivity index (χ4v) is 5.38. The Labute approximate surface area is 250 Å². The van der Waals surface area contributed by atoms with Crippen LogP contribution >= 0.6 is 11.8 Å². The molecule has 18 heteroatoms. The van der Waals surface area contributed by atoms with Gasteiger partial charge in [-0.15, -0.1) is 18.2 Å². The Hall–Kier alpha value is -4.06. The highest BCUT2D eigenvalue weighted by Crippen LogP contribution is 2.42. The molecule has 11 nitrogen and oxygen atoms in total. The van der Waals surface area contributed by atoms with Crippen molar-refractivity contribution in [3.8, 4) is 5.75 Å². The van der Waals surface area contributed by atoms with Crippen LogP contribution in [0.15, 0.2) is 42.7 Å². The number of rotatable bonds is 7. The quantitative estimate of drug-likeness (QED) is 0.248. The minimum atomic E-state index is -5.54. The molecule has 1 aromatic carbocycles. The normalized spacial score (nSPS) is 17.5. The SMILES string of the molecule is CC1(C)C(=O)N(c2cc(N(OC(=O)C(F)(F)F)C(=O)CN3CCSCC3)ccc2OC(F)(F)F)C(=O)N1Cc1ccncc1. The largest absolute Gasteiger partial charge is 0.573 e. The molecule has 0 aliphatic carbocycles. The van der Waals surface area contributed by atoms with Crippen LogP contribution in [0.5, 0.6) is 5.75 Å². The lowest BCUT2D eigenvalue weighted by Gasteiger charge is -2.29. The lowest BCUT2D eigenvalue weighted by atomic mass is 10.0. The summed E-state index contributed by atoms with van der Waals surface area (Å²) in [6.07, 6.45) is -8.00. The molecule has 0 unspecified atom stereocenters. The fraction of sp³-hybridized carbons (Fsp3) is 0.423. The van der Waals surface area contributed by atoms with Crippen LogP contribution in [0, 0.1) is 0 Å². The maximum atomic E-state index is 13.6. The third-order valence-electron chi connectivity index (χ3n) is 6.65. The third-order valence-corrected chi connectivity index (χ3v) is 7.59. The van der Waals surface area contributed by atoms with Crippen LogP contribution < -0.4 is 14.7 Å². The van der Waals surface area contributed by atoms with Crippen LogP contribution in [0.3, 0.4) is 0 Å². The van der Waals surface area contributed by atoms with Gasteiger partial charge in [0.15, 0.2) is 5.75 Å². The number of alkyl halides is 6. The number of amides is 4. The highest BCUT2D eigenvalue weighted by atomic mass is 32.2. The zero-order valence-electron chi connectivity index (χ0n) is 23.1. The van der Waals surface area contributed by atoms with Crippen molar-refractivity contribution in [2.45, 2.75) is 38.5 Å². The number of anilines is 2. The van der Waals surface area contributed by atoms with Crippen LogP contribution in [0.2, 0.25) is 0 Å². The summed E-state index contributed by atoms with van der Waals surface area (Å²) in [6.45, 7) is 2.81. The molecule has 0 saturated carbocycles. The van der Waals surface area contributed by atoms with E-state index in [1.54, 1.807) is 28.8 Å². The van der Waals surface area contributed by atoms with Crippen LogP contribution in [0.25, 0.3) is 0 Å². The van der Waals surface area contributed by atoms with Gasteiger partial charge in [0.05, 0.1) is 17.9 Å². The molecule has 3 heterocycles. The van der Waals surface area contributed by atoms with Crippen LogP contribution in [0.4, 0.5) is 42.5 Å². The van der Waals surface area contributed by atoms with Gasteiger partial charge in [-0.05, 0) is 49.7 Å². The molecule has 0 N–H and O–H groups in total. The molecular weight excluding hydrogens is 624 g/mol. The van der Waals surface area contributed by atoms with E-state index in [0.29, 0.717) is 47.2 Å². The maximum Gasteiger partial charge on any atom is 0.573 e. The van der Waals surface area contributed by atoms with Gasteiger partial charge in [0.2, 0.25) is 0 Å². The highest BCUT2D eigenvalue weighted by Gasteiger charge is 2.53. The lowest BCUT2D eigenvalue weighted by molar-refractivity contribution is -0.274. The van der Waals surface area contributed by atoms with E-state index in [1.807, 2.05) is 0 Å². The zero-order valence-corrected chi connectivity index (χ0v) is 24.0. The predicted octanol–water partition coefficient (Wildman–Crippen LogP) is 4.13. The summed E-state index contributed by atoms with van der Waals surface area (Å²) < 4.78 is 83.6. The first-order chi connectivity index (χ1) is 20.5. The number of halogens is 6. The smallest absolute Gasteiger partial charge is 0.404 e. The summed E-state index contributed by atoms with van der Waals surface area (Å²) in [7, 11) is 0. The molecule has 2 saturated heterocycles. The number of aromatic nitrogens is 1. The average Bonchev–Trinajstić information content (AvgIpc) is 3.10. The minimum Gasteiger partial charge on any atom is -0.404 e. The van der Waals surface area contributed by atoms with E-state index in [2.05, 4.69) is 14.6 Å². The van der Waals surface area contributed by atoms with Gasteiger partial charge in [0, 0.05) is 43.5 Å². The molecule has 0 atom stereocenters. The minimum absolute atomic E-state index is 0.0245. The number of carbonyl (C=O) groups excluding carboxylic acids is 4. The van der Waals surface area contributed by atoms with E-state index in [-0.39, 0.29) is 11.6 Å². The molecule has 0 radical (unpaired) electrons. The first-order valence-corrected chi connectivity index (χ1v) is 14.0. The first-order valence-electron chi connectivity index (χ1n) is 12.9. The second-order valence-electron chi connectivity index (χ2n) is 10.1. The van der Waals surface area contributed by atoms with Crippen molar-refractivity contribution in [3.05, 3.63) is 48.3 Å². The molecule has 1 aromatic heterocycles. The number of benzene rings is 1. The average molecular weight is 650 g/mol. The van der Waals surface area contributed by atoms with E-state index in [0.717, 1.165) is 11.0 Å². The molecule has 2 aliphatic heterocycles. The topological polar surface area (TPSA) is 113 Å². The molecule has 2 fully saturated rings. The van der Waals surface area contributed by atoms with Gasteiger partial charge in [-0.1, -0.05) is 0 Å². The molecule has 2 aliphatic rings. The van der Waals surface area contributed by atoms with Gasteiger partial charge in [-0.2, -0.15) is 24.9 Å². The van der Waals surface area contributed by atoms with Crippen molar-refractivity contribution in [2.75, 3.05) is 41.1 Å². The number of urea groups is 1. The van der Waals surface area contributed by atoms with E-state index in [9.17, 15) is 45.5 Å². The summed E-state index contributed by atoms with van der Waals surface area (Å²) >= 11 is 1.58. The second-order valence-corrected chi connectivity index (χ2v) is 11.3. The van der Waals surface area contributed by atoms with Crippen molar-refractivity contribution in [3.63, 3.8) is 0 Å². The Morgan fingerprint density at radius 3 is 2.25 bits per heavy atom. The fourth-order valence-electron chi connectivity index (χ4n) is 4.40. The summed E-state index contributed by atoms with van der Waals surface area (Å²) in [5.41, 5.74) is -2.61. The Bertz CT molecular complexity index is 1420. The number of hydroxylamine groups is 1. The molecule has 238 valence electrons. The lowest BCUT2D eigenvalue weighted by Crippen LogP contribution is -2.46.